The molecule has 0 amide bonds. The van der Waals surface area contributed by atoms with Crippen LogP contribution in [0.2, 0.25) is 0 Å². The first-order chi connectivity index (χ1) is 10.3. The molecule has 0 saturated heterocycles. The van der Waals surface area contributed by atoms with Crippen molar-refractivity contribution >= 4 is 21.2 Å². The van der Waals surface area contributed by atoms with Gasteiger partial charge in [0.15, 0.2) is 9.84 Å². The molecule has 0 aliphatic heterocycles. The second-order valence-corrected chi connectivity index (χ2v) is 8.51. The molecule has 2 aliphatic rings. The molecule has 0 spiro atoms. The number of benzene rings is 1. The van der Waals surface area contributed by atoms with Crippen molar-refractivity contribution in [2.75, 3.05) is 18.1 Å². The monoisotopic (exact) mass is 324 g/mol. The minimum absolute atomic E-state index is 0.226. The van der Waals surface area contributed by atoms with Crippen LogP contribution in [0.25, 0.3) is 0 Å². The summed E-state index contributed by atoms with van der Waals surface area (Å²) in [6.07, 6.45) is 6.20. The molecular weight excluding hydrogens is 304 g/mol. The average molecular weight is 324 g/mol. The van der Waals surface area contributed by atoms with Crippen LogP contribution < -0.4 is 5.32 Å². The van der Waals surface area contributed by atoms with Gasteiger partial charge in [0.25, 0.3) is 5.69 Å². The van der Waals surface area contributed by atoms with Gasteiger partial charge in [0, 0.05) is 24.6 Å². The Kier molecular flexibility index (Phi) is 3.84. The zero-order chi connectivity index (χ0) is 15.9. The first-order valence-electron chi connectivity index (χ1n) is 7.57. The molecule has 3 atom stereocenters. The van der Waals surface area contributed by atoms with Crippen LogP contribution in [0.1, 0.15) is 25.7 Å². The molecule has 1 aromatic carbocycles. The average Bonchev–Trinajstić information content (AvgIpc) is 3.06. The molecule has 0 heterocycles. The number of fused-ring (bicyclic) bond motifs is 2. The number of anilines is 1. The summed E-state index contributed by atoms with van der Waals surface area (Å²) in [6, 6.07) is 4.22. The summed E-state index contributed by atoms with van der Waals surface area (Å²) in [5.41, 5.74) is 0.266. The Morgan fingerprint density at radius 3 is 2.64 bits per heavy atom. The van der Waals surface area contributed by atoms with Gasteiger partial charge in [-0.25, -0.2) is 8.42 Å². The predicted molar refractivity (Wildman–Crippen MR) is 83.6 cm³/mol. The van der Waals surface area contributed by atoms with Gasteiger partial charge in [0.2, 0.25) is 0 Å². The maximum Gasteiger partial charge on any atom is 0.288 e. The minimum atomic E-state index is -3.63. The third-order valence-corrected chi connectivity index (χ3v) is 6.13. The number of nitro groups is 1. The van der Waals surface area contributed by atoms with E-state index in [-0.39, 0.29) is 10.6 Å². The normalized spacial score (nSPS) is 27.0. The van der Waals surface area contributed by atoms with Gasteiger partial charge >= 0.3 is 0 Å². The molecule has 2 fully saturated rings. The summed E-state index contributed by atoms with van der Waals surface area (Å²) < 4.78 is 23.5. The van der Waals surface area contributed by atoms with Crippen molar-refractivity contribution in [3.05, 3.63) is 28.3 Å². The van der Waals surface area contributed by atoms with Crippen LogP contribution >= 0.6 is 0 Å². The molecule has 7 heteroatoms. The number of nitro benzene ring substituents is 1. The highest BCUT2D eigenvalue weighted by Gasteiger charge is 2.39. The molecule has 2 saturated carbocycles. The van der Waals surface area contributed by atoms with E-state index in [0.29, 0.717) is 11.6 Å². The Hall–Kier alpha value is -1.63. The van der Waals surface area contributed by atoms with Gasteiger partial charge < -0.3 is 5.32 Å². The van der Waals surface area contributed by atoms with E-state index in [1.807, 2.05) is 0 Å². The molecule has 1 aromatic rings. The lowest BCUT2D eigenvalue weighted by Gasteiger charge is -2.22. The summed E-state index contributed by atoms with van der Waals surface area (Å²) >= 11 is 0. The van der Waals surface area contributed by atoms with Crippen LogP contribution in [0, 0.1) is 27.9 Å². The van der Waals surface area contributed by atoms with E-state index in [2.05, 4.69) is 5.32 Å². The largest absolute Gasteiger partial charge is 0.385 e. The number of hydrogen-bond donors (Lipinski definition) is 1. The minimum Gasteiger partial charge on any atom is -0.385 e. The lowest BCUT2D eigenvalue weighted by Crippen LogP contribution is -2.20. The first kappa shape index (κ1) is 15.3. The van der Waals surface area contributed by atoms with Crippen molar-refractivity contribution in [3.8, 4) is 0 Å². The second kappa shape index (κ2) is 5.53. The third-order valence-electron chi connectivity index (χ3n) is 5.01. The van der Waals surface area contributed by atoms with Crippen LogP contribution in [0.4, 0.5) is 11.4 Å². The fraction of sp³-hybridized carbons (Fsp3) is 0.600. The quantitative estimate of drug-likeness (QED) is 0.664. The number of nitrogens with one attached hydrogen (secondary N) is 1. The maximum atomic E-state index is 11.7. The van der Waals surface area contributed by atoms with Gasteiger partial charge in [-0.1, -0.05) is 6.42 Å². The molecular formula is C15H20N2O4S. The highest BCUT2D eigenvalue weighted by Crippen LogP contribution is 2.48. The molecule has 2 aliphatic carbocycles. The Balaban J connectivity index is 1.76. The SMILES string of the molecule is CS(=O)(=O)c1cc(NCC2CC3CCC2C3)ccc1[N+](=O)[O-]. The van der Waals surface area contributed by atoms with Gasteiger partial charge in [0.1, 0.15) is 4.90 Å². The van der Waals surface area contributed by atoms with E-state index < -0.39 is 14.8 Å². The van der Waals surface area contributed by atoms with Crippen LogP contribution in [0.15, 0.2) is 23.1 Å². The third kappa shape index (κ3) is 2.95. The van der Waals surface area contributed by atoms with Crippen LogP contribution in [0.5, 0.6) is 0 Å². The summed E-state index contributed by atoms with van der Waals surface area (Å²) in [4.78, 5) is 10.1. The Morgan fingerprint density at radius 1 is 1.32 bits per heavy atom. The topological polar surface area (TPSA) is 89.3 Å². The van der Waals surface area contributed by atoms with Crippen molar-refractivity contribution in [2.24, 2.45) is 17.8 Å². The molecule has 2 bridgehead atoms. The highest BCUT2D eigenvalue weighted by molar-refractivity contribution is 7.90. The van der Waals surface area contributed by atoms with Crippen LogP contribution in [0.3, 0.4) is 0 Å². The zero-order valence-electron chi connectivity index (χ0n) is 12.5. The highest BCUT2D eigenvalue weighted by atomic mass is 32.2. The molecule has 120 valence electrons. The van der Waals surface area contributed by atoms with Crippen molar-refractivity contribution in [3.63, 3.8) is 0 Å². The summed E-state index contributed by atoms with van der Waals surface area (Å²) in [6.45, 7) is 0.808. The summed E-state index contributed by atoms with van der Waals surface area (Å²) in [5, 5.41) is 14.2. The lowest BCUT2D eigenvalue weighted by atomic mass is 9.89. The predicted octanol–water partition coefficient (Wildman–Crippen LogP) is 2.85. The Labute approximate surface area is 130 Å². The van der Waals surface area contributed by atoms with E-state index >= 15 is 0 Å². The van der Waals surface area contributed by atoms with Crippen molar-refractivity contribution < 1.29 is 13.3 Å². The van der Waals surface area contributed by atoms with E-state index in [1.54, 1.807) is 6.07 Å². The van der Waals surface area contributed by atoms with Crippen molar-refractivity contribution in [1.29, 1.82) is 0 Å². The molecule has 3 unspecified atom stereocenters. The standard InChI is InChI=1S/C15H20N2O4S/c1-22(20,21)15-8-13(4-5-14(15)17(18)19)16-9-12-7-10-2-3-11(12)6-10/h4-5,8,10-12,16H,2-3,6-7,9H2,1H3. The molecule has 6 nitrogen and oxygen atoms in total. The molecule has 0 aromatic heterocycles. The molecule has 22 heavy (non-hydrogen) atoms. The second-order valence-electron chi connectivity index (χ2n) is 6.53. The zero-order valence-corrected chi connectivity index (χ0v) is 13.3. The fourth-order valence-electron chi connectivity index (χ4n) is 3.95. The van der Waals surface area contributed by atoms with Gasteiger partial charge in [-0.05, 0) is 49.1 Å². The van der Waals surface area contributed by atoms with Gasteiger partial charge in [-0.15, -0.1) is 0 Å². The smallest absolute Gasteiger partial charge is 0.288 e. The molecule has 0 radical (unpaired) electrons. The molecule has 1 N–H and O–H groups in total. The number of sulfone groups is 1. The summed E-state index contributed by atoms with van der Waals surface area (Å²) in [7, 11) is -3.63. The van der Waals surface area contributed by atoms with Crippen molar-refractivity contribution in [1.82, 2.24) is 0 Å². The van der Waals surface area contributed by atoms with Crippen LogP contribution in [-0.2, 0) is 9.84 Å². The lowest BCUT2D eigenvalue weighted by molar-refractivity contribution is -0.387. The van der Waals surface area contributed by atoms with E-state index in [1.165, 1.54) is 37.8 Å². The van der Waals surface area contributed by atoms with E-state index in [4.69, 9.17) is 0 Å². The van der Waals surface area contributed by atoms with Crippen LogP contribution in [-0.4, -0.2) is 26.1 Å². The Morgan fingerprint density at radius 2 is 2.09 bits per heavy atom. The van der Waals surface area contributed by atoms with E-state index in [0.717, 1.165) is 24.6 Å². The Bertz CT molecular complexity index is 701. The fourth-order valence-corrected chi connectivity index (χ4v) is 4.81. The van der Waals surface area contributed by atoms with Gasteiger partial charge in [-0.2, -0.15) is 0 Å². The number of nitrogens with zero attached hydrogens (tertiary/aromatic N) is 1. The summed E-state index contributed by atoms with van der Waals surface area (Å²) in [5.74, 6) is 2.28. The number of rotatable bonds is 5. The number of hydrogen-bond acceptors (Lipinski definition) is 5. The maximum absolute atomic E-state index is 11.7. The first-order valence-corrected chi connectivity index (χ1v) is 9.46. The molecule has 3 rings (SSSR count). The van der Waals surface area contributed by atoms with E-state index in [9.17, 15) is 18.5 Å². The van der Waals surface area contributed by atoms with Crippen molar-refractivity contribution in [2.45, 2.75) is 30.6 Å². The van der Waals surface area contributed by atoms with Gasteiger partial charge in [-0.3, -0.25) is 10.1 Å². The van der Waals surface area contributed by atoms with Gasteiger partial charge in [0.05, 0.1) is 4.92 Å².